The average Bonchev–Trinajstić information content (AvgIpc) is 3.57. The van der Waals surface area contributed by atoms with Crippen LogP contribution in [0.25, 0.3) is 5.69 Å². The van der Waals surface area contributed by atoms with Crippen LogP contribution in [0, 0.1) is 5.92 Å². The highest BCUT2D eigenvalue weighted by Gasteiger charge is 2.38. The van der Waals surface area contributed by atoms with Crippen molar-refractivity contribution in [1.29, 1.82) is 0 Å². The molecule has 254 valence electrons. The van der Waals surface area contributed by atoms with Crippen LogP contribution in [0.4, 0.5) is 0 Å². The highest BCUT2D eigenvalue weighted by Crippen LogP contribution is 2.43. The number of ether oxygens (including phenoxy) is 2. The van der Waals surface area contributed by atoms with Crippen molar-refractivity contribution in [1.82, 2.24) is 30.8 Å². The Labute approximate surface area is 284 Å². The third kappa shape index (κ3) is 9.63. The first-order valence-electron chi connectivity index (χ1n) is 16.1. The number of nitrogens with zero attached hydrogens (tertiary/aromatic N) is 4. The second kappa shape index (κ2) is 17.2. The van der Waals surface area contributed by atoms with Gasteiger partial charge >= 0.3 is 0 Å². The molecule has 1 aliphatic heterocycles. The molecule has 0 spiro atoms. The van der Waals surface area contributed by atoms with Crippen LogP contribution in [-0.4, -0.2) is 60.6 Å². The van der Waals surface area contributed by atoms with Crippen LogP contribution in [-0.2, 0) is 32.2 Å². The molecule has 12 nitrogen and oxygen atoms in total. The van der Waals surface area contributed by atoms with Crippen molar-refractivity contribution in [2.45, 2.75) is 76.3 Å². The highest BCUT2D eigenvalue weighted by molar-refractivity contribution is 7.99. The van der Waals surface area contributed by atoms with Crippen molar-refractivity contribution in [2.24, 2.45) is 5.92 Å². The van der Waals surface area contributed by atoms with Crippen molar-refractivity contribution < 1.29 is 29.3 Å². The minimum absolute atomic E-state index is 0.00150. The summed E-state index contributed by atoms with van der Waals surface area (Å²) in [5.74, 6) is 0.659. The number of aromatic hydroxyl groups is 1. The minimum atomic E-state index is -0.636. The zero-order chi connectivity index (χ0) is 33.9. The molecule has 1 fully saturated rings. The Balaban J connectivity index is 1.23. The van der Waals surface area contributed by atoms with Gasteiger partial charge in [0.1, 0.15) is 5.75 Å². The lowest BCUT2D eigenvalue weighted by molar-refractivity contribution is -0.268. The van der Waals surface area contributed by atoms with Crippen molar-refractivity contribution >= 4 is 23.6 Å². The second-order valence-corrected chi connectivity index (χ2v) is 12.8. The molecule has 2 amide bonds. The molecule has 4 atom stereocenters. The molecule has 1 aliphatic rings. The van der Waals surface area contributed by atoms with E-state index in [0.717, 1.165) is 47.2 Å². The number of carbonyl (C=O) groups excluding carboxylic acids is 2. The number of tetrazole rings is 1. The number of unbranched alkanes of at least 4 members (excludes halogenated alkanes) is 2. The number of nitrogens with one attached hydrogen (secondary N) is 2. The van der Waals surface area contributed by atoms with Crippen LogP contribution in [0.5, 0.6) is 5.75 Å². The Morgan fingerprint density at radius 1 is 0.896 bits per heavy atom. The van der Waals surface area contributed by atoms with Gasteiger partial charge in [0.05, 0.1) is 24.5 Å². The minimum Gasteiger partial charge on any atom is -0.508 e. The maximum Gasteiger partial charge on any atom is 0.220 e. The molecule has 0 saturated carbocycles. The lowest BCUT2D eigenvalue weighted by Crippen LogP contribution is -2.38. The van der Waals surface area contributed by atoms with Crippen molar-refractivity contribution in [3.05, 3.63) is 95.1 Å². The molecule has 0 aliphatic carbocycles. The number of aliphatic hydroxyl groups excluding tert-OH is 1. The Morgan fingerprint density at radius 3 is 2.31 bits per heavy atom. The SMILES string of the molecule is CC(=O)NCCCCCC(=O)NCc1ccc(C2OC(CSc3nnnn3-c3ccc(O)cc3)C(C)C(c3ccc(CO)cc3)O2)cc1. The summed E-state index contributed by atoms with van der Waals surface area (Å²) < 4.78 is 14.8. The standard InChI is InChI=1S/C35H42N6O6S/c1-23-31(22-48-35-38-39-40-41(35)29-15-17-30(44)18-16-29)46-34(47-33(23)27-11-9-26(21-42)10-12-27)28-13-7-25(8-14-28)20-37-32(45)6-4-3-5-19-36-24(2)43/h7-18,23,31,33-34,42,44H,3-6,19-22H2,1-2H3,(H,36,43)(H,37,45). The first-order chi connectivity index (χ1) is 23.3. The van der Waals surface area contributed by atoms with E-state index in [0.29, 0.717) is 30.4 Å². The summed E-state index contributed by atoms with van der Waals surface area (Å²) in [6.07, 6.45) is 1.82. The number of phenolic OH excluding ortho intramolecular Hbond substituents is 1. The van der Waals surface area contributed by atoms with Gasteiger partial charge in [-0.2, -0.15) is 4.68 Å². The number of phenols is 1. The fourth-order valence-corrected chi connectivity index (χ4v) is 6.48. The van der Waals surface area contributed by atoms with Gasteiger partial charge in [-0.15, -0.1) is 5.10 Å². The normalized spacial score (nSPS) is 19.1. The van der Waals surface area contributed by atoms with Crippen molar-refractivity contribution in [3.63, 3.8) is 0 Å². The van der Waals surface area contributed by atoms with Gasteiger partial charge in [-0.25, -0.2) is 0 Å². The molecule has 0 bridgehead atoms. The molecule has 4 aromatic rings. The fraction of sp³-hybridized carbons (Fsp3) is 0.400. The summed E-state index contributed by atoms with van der Waals surface area (Å²) in [5.41, 5.74) is 4.37. The van der Waals surface area contributed by atoms with E-state index in [-0.39, 0.29) is 42.3 Å². The molecule has 1 aromatic heterocycles. The van der Waals surface area contributed by atoms with Crippen molar-refractivity contribution in [3.8, 4) is 11.4 Å². The second-order valence-electron chi connectivity index (χ2n) is 11.8. The van der Waals surface area contributed by atoms with E-state index in [4.69, 9.17) is 9.47 Å². The summed E-state index contributed by atoms with van der Waals surface area (Å²) >= 11 is 1.48. The first-order valence-corrected chi connectivity index (χ1v) is 17.1. The number of aromatic nitrogens is 4. The molecule has 3 aromatic carbocycles. The van der Waals surface area contributed by atoms with Crippen LogP contribution in [0.3, 0.4) is 0 Å². The smallest absolute Gasteiger partial charge is 0.220 e. The summed E-state index contributed by atoms with van der Waals surface area (Å²) in [5, 5.41) is 37.8. The van der Waals surface area contributed by atoms with Gasteiger partial charge in [-0.1, -0.05) is 73.6 Å². The molecular weight excluding hydrogens is 632 g/mol. The van der Waals surface area contributed by atoms with Crippen LogP contribution < -0.4 is 10.6 Å². The summed E-state index contributed by atoms with van der Waals surface area (Å²) in [6, 6.07) is 22.3. The number of benzene rings is 3. The van der Waals surface area contributed by atoms with Gasteiger partial charge in [0, 0.05) is 43.7 Å². The van der Waals surface area contributed by atoms with Gasteiger partial charge in [0.25, 0.3) is 0 Å². The van der Waals surface area contributed by atoms with Crippen LogP contribution in [0.1, 0.15) is 74.2 Å². The average molecular weight is 675 g/mol. The van der Waals surface area contributed by atoms with E-state index < -0.39 is 6.29 Å². The third-order valence-corrected chi connectivity index (χ3v) is 9.24. The predicted molar refractivity (Wildman–Crippen MR) is 180 cm³/mol. The van der Waals surface area contributed by atoms with Crippen LogP contribution >= 0.6 is 11.8 Å². The predicted octanol–water partition coefficient (Wildman–Crippen LogP) is 4.76. The van der Waals surface area contributed by atoms with Gasteiger partial charge in [-0.3, -0.25) is 9.59 Å². The number of carbonyl (C=O) groups is 2. The molecule has 4 unspecified atom stereocenters. The van der Waals surface area contributed by atoms with Crippen LogP contribution in [0.2, 0.25) is 0 Å². The fourth-order valence-electron chi connectivity index (χ4n) is 5.42. The zero-order valence-electron chi connectivity index (χ0n) is 27.1. The molecule has 5 rings (SSSR count). The maximum atomic E-state index is 12.4. The van der Waals surface area contributed by atoms with Gasteiger partial charge < -0.3 is 30.3 Å². The zero-order valence-corrected chi connectivity index (χ0v) is 27.9. The van der Waals surface area contributed by atoms with E-state index in [1.54, 1.807) is 28.9 Å². The van der Waals surface area contributed by atoms with Gasteiger partial charge in [-0.05, 0) is 64.2 Å². The lowest BCUT2D eigenvalue weighted by atomic mass is 9.91. The largest absolute Gasteiger partial charge is 0.508 e. The highest BCUT2D eigenvalue weighted by atomic mass is 32.2. The van der Waals surface area contributed by atoms with E-state index in [1.165, 1.54) is 18.7 Å². The third-order valence-electron chi connectivity index (χ3n) is 8.23. The number of rotatable bonds is 15. The van der Waals surface area contributed by atoms with E-state index >= 15 is 0 Å². The maximum absolute atomic E-state index is 12.4. The van der Waals surface area contributed by atoms with Crippen molar-refractivity contribution in [2.75, 3.05) is 12.3 Å². The summed E-state index contributed by atoms with van der Waals surface area (Å²) in [4.78, 5) is 23.3. The summed E-state index contributed by atoms with van der Waals surface area (Å²) in [7, 11) is 0. The molecule has 1 saturated heterocycles. The van der Waals surface area contributed by atoms with Gasteiger partial charge in [0.15, 0.2) is 6.29 Å². The topological polar surface area (TPSA) is 161 Å². The number of amides is 2. The summed E-state index contributed by atoms with van der Waals surface area (Å²) in [6.45, 7) is 4.62. The molecule has 48 heavy (non-hydrogen) atoms. The molecule has 2 heterocycles. The number of thioether (sulfide) groups is 1. The first kappa shape index (κ1) is 35.0. The Bertz CT molecular complexity index is 1620. The van der Waals surface area contributed by atoms with E-state index in [9.17, 15) is 19.8 Å². The Morgan fingerprint density at radius 2 is 1.60 bits per heavy atom. The lowest BCUT2D eigenvalue weighted by Gasteiger charge is -2.41. The Hall–Kier alpha value is -4.30. The number of aliphatic hydroxyl groups is 1. The molecule has 13 heteroatoms. The molecule has 4 N–H and O–H groups in total. The quantitative estimate of drug-likeness (QED) is 0.102. The van der Waals surface area contributed by atoms with Crippen LogP contribution in [0.15, 0.2) is 78.0 Å². The monoisotopic (exact) mass is 674 g/mol. The molecular formula is C35H42N6O6S. The number of hydrogen-bond donors (Lipinski definition) is 4. The van der Waals surface area contributed by atoms with E-state index in [1.807, 2.05) is 48.5 Å². The number of hydrogen-bond acceptors (Lipinski definition) is 10. The molecule has 0 radical (unpaired) electrons. The van der Waals surface area contributed by atoms with E-state index in [2.05, 4.69) is 33.1 Å². The van der Waals surface area contributed by atoms with Gasteiger partial charge in [0.2, 0.25) is 17.0 Å². The Kier molecular flexibility index (Phi) is 12.5.